The van der Waals surface area contributed by atoms with Crippen LogP contribution in [0.5, 0.6) is 0 Å². The van der Waals surface area contributed by atoms with Gasteiger partial charge in [0.1, 0.15) is 14.9 Å². The minimum absolute atomic E-state index is 0.000648. The van der Waals surface area contributed by atoms with Crippen LogP contribution >= 0.6 is 22.9 Å². The summed E-state index contributed by atoms with van der Waals surface area (Å²) in [7, 11) is -3.37. The Balaban J connectivity index is 2.22. The number of hydrogen-bond acceptors (Lipinski definition) is 8. The summed E-state index contributed by atoms with van der Waals surface area (Å²) in [5.41, 5.74) is 6.59. The van der Waals surface area contributed by atoms with Crippen molar-refractivity contribution >= 4 is 43.5 Å². The minimum Gasteiger partial charge on any atom is -0.382 e. The Labute approximate surface area is 119 Å². The van der Waals surface area contributed by atoms with Crippen molar-refractivity contribution in [3.05, 3.63) is 16.1 Å². The van der Waals surface area contributed by atoms with E-state index in [9.17, 15) is 8.42 Å². The molecule has 0 fully saturated rings. The van der Waals surface area contributed by atoms with Crippen molar-refractivity contribution in [1.82, 2.24) is 9.36 Å². The van der Waals surface area contributed by atoms with Gasteiger partial charge < -0.3 is 11.1 Å². The van der Waals surface area contributed by atoms with Crippen molar-refractivity contribution in [3.63, 3.8) is 0 Å². The van der Waals surface area contributed by atoms with Crippen LogP contribution in [0.15, 0.2) is 10.3 Å². The van der Waals surface area contributed by atoms with E-state index in [1.165, 1.54) is 11.3 Å². The third-order valence-corrected chi connectivity index (χ3v) is 6.14. The highest BCUT2D eigenvalue weighted by Gasteiger charge is 2.23. The lowest BCUT2D eigenvalue weighted by Gasteiger charge is -2.05. The van der Waals surface area contributed by atoms with Crippen LogP contribution in [0.4, 0.5) is 10.8 Å². The monoisotopic (exact) mass is 318 g/mol. The van der Waals surface area contributed by atoms with Crippen LogP contribution in [-0.4, -0.2) is 23.5 Å². The number of hydrogen-bond donors (Lipinski definition) is 2. The molecule has 0 aliphatic rings. The number of nitrogen functional groups attached to an aromatic ring is 1. The lowest BCUT2D eigenvalue weighted by atomic mass is 10.5. The Hall–Kier alpha value is -1.19. The normalized spacial score (nSPS) is 11.7. The molecule has 0 aliphatic carbocycles. The van der Waals surface area contributed by atoms with Crippen LogP contribution in [0.2, 0.25) is 0 Å². The van der Waals surface area contributed by atoms with Crippen molar-refractivity contribution in [2.75, 3.05) is 16.8 Å². The van der Waals surface area contributed by atoms with Gasteiger partial charge in [0.15, 0.2) is 15.7 Å². The van der Waals surface area contributed by atoms with Gasteiger partial charge in [0, 0.05) is 11.1 Å². The highest BCUT2D eigenvalue weighted by molar-refractivity contribution is 7.91. The molecule has 6 nitrogen and oxygen atoms in total. The number of aromatic nitrogens is 2. The molecule has 0 radical (unpaired) electrons. The zero-order valence-electron chi connectivity index (χ0n) is 10.5. The first-order valence-corrected chi connectivity index (χ1v) is 8.87. The summed E-state index contributed by atoms with van der Waals surface area (Å²) in [6.45, 7) is 3.96. The van der Waals surface area contributed by atoms with Crippen molar-refractivity contribution in [1.29, 1.82) is 0 Å². The Morgan fingerprint density at radius 3 is 2.79 bits per heavy atom. The number of rotatable bonds is 5. The van der Waals surface area contributed by atoms with Gasteiger partial charge in [0.2, 0.25) is 0 Å². The number of aryl methyl sites for hydroxylation is 1. The molecule has 0 aromatic carbocycles. The van der Waals surface area contributed by atoms with Crippen molar-refractivity contribution in [3.8, 4) is 0 Å². The second-order valence-electron chi connectivity index (χ2n) is 3.87. The molecule has 9 heteroatoms. The first kappa shape index (κ1) is 14.2. The highest BCUT2D eigenvalue weighted by atomic mass is 32.2. The molecule has 0 atom stereocenters. The van der Waals surface area contributed by atoms with Gasteiger partial charge in [-0.05, 0) is 18.5 Å². The van der Waals surface area contributed by atoms with E-state index in [-0.39, 0.29) is 16.5 Å². The zero-order valence-corrected chi connectivity index (χ0v) is 13.0. The zero-order chi connectivity index (χ0) is 14.0. The van der Waals surface area contributed by atoms with E-state index in [0.717, 1.165) is 22.2 Å². The maximum absolute atomic E-state index is 12.0. The molecule has 104 valence electrons. The summed E-state index contributed by atoms with van der Waals surface area (Å²) >= 11 is 2.58. The molecular formula is C10H14N4O2S3. The summed E-state index contributed by atoms with van der Waals surface area (Å²) < 4.78 is 27.8. The fourth-order valence-corrected chi connectivity index (χ4v) is 4.37. The average Bonchev–Trinajstić information content (AvgIpc) is 2.93. The van der Waals surface area contributed by atoms with Crippen LogP contribution in [-0.2, 0) is 16.4 Å². The largest absolute Gasteiger partial charge is 0.382 e. The quantitative estimate of drug-likeness (QED) is 0.873. The fraction of sp³-hybridized carbons (Fsp3) is 0.400. The lowest BCUT2D eigenvalue weighted by Crippen LogP contribution is -2.09. The minimum atomic E-state index is -3.37. The van der Waals surface area contributed by atoms with Crippen molar-refractivity contribution in [2.45, 2.75) is 25.3 Å². The summed E-state index contributed by atoms with van der Waals surface area (Å²) in [4.78, 5) is 4.41. The molecule has 0 saturated heterocycles. The molecule has 0 saturated carbocycles. The second kappa shape index (κ2) is 5.43. The second-order valence-corrected chi connectivity index (χ2v) is 7.80. The Bertz CT molecular complexity index is 675. The smallest absolute Gasteiger partial charge is 0.184 e. The molecule has 19 heavy (non-hydrogen) atoms. The first-order chi connectivity index (χ1) is 8.94. The maximum atomic E-state index is 12.0. The van der Waals surface area contributed by atoms with E-state index in [4.69, 9.17) is 5.73 Å². The number of nitrogens with zero attached hydrogens (tertiary/aromatic N) is 2. The molecule has 0 unspecified atom stereocenters. The van der Waals surface area contributed by atoms with E-state index >= 15 is 0 Å². The summed E-state index contributed by atoms with van der Waals surface area (Å²) in [5, 5.41) is 6.37. The predicted molar refractivity (Wildman–Crippen MR) is 78.4 cm³/mol. The van der Waals surface area contributed by atoms with Gasteiger partial charge in [-0.3, -0.25) is 0 Å². The van der Waals surface area contributed by atoms with Crippen LogP contribution in [0.1, 0.15) is 17.6 Å². The van der Waals surface area contributed by atoms with E-state index in [0.29, 0.717) is 11.5 Å². The molecule has 2 heterocycles. The highest BCUT2D eigenvalue weighted by Crippen LogP contribution is 2.32. The molecule has 0 aliphatic heterocycles. The molecule has 2 rings (SSSR count). The number of anilines is 2. The van der Waals surface area contributed by atoms with Gasteiger partial charge in [0.25, 0.3) is 0 Å². The van der Waals surface area contributed by atoms with Crippen LogP contribution < -0.4 is 11.1 Å². The van der Waals surface area contributed by atoms with Gasteiger partial charge in [-0.25, -0.2) is 13.4 Å². The Morgan fingerprint density at radius 2 is 2.21 bits per heavy atom. The standard InChI is InChI=1S/C10H14N4O2S3/c1-3-19(15,16)8-9(11)14-18-10(8)12-4-7-13-6(2)5-17-7/h5,12H,3-4H2,1-2H3,(H2,11,14). The van der Waals surface area contributed by atoms with Gasteiger partial charge in [-0.15, -0.1) is 11.3 Å². The van der Waals surface area contributed by atoms with Crippen LogP contribution in [0, 0.1) is 6.92 Å². The molecule has 2 aromatic heterocycles. The average molecular weight is 318 g/mol. The number of nitrogens with one attached hydrogen (secondary N) is 1. The maximum Gasteiger partial charge on any atom is 0.184 e. The molecule has 2 aromatic rings. The van der Waals surface area contributed by atoms with Gasteiger partial charge in [0.05, 0.1) is 12.3 Å². The van der Waals surface area contributed by atoms with Gasteiger partial charge in [-0.1, -0.05) is 6.92 Å². The van der Waals surface area contributed by atoms with Crippen LogP contribution in [0.3, 0.4) is 0 Å². The molecule has 0 amide bonds. The predicted octanol–water partition coefficient (Wildman–Crippen LogP) is 1.90. The van der Waals surface area contributed by atoms with E-state index < -0.39 is 9.84 Å². The SMILES string of the molecule is CCS(=O)(=O)c1c(N)nsc1NCc1nc(C)cs1. The van der Waals surface area contributed by atoms with Crippen LogP contribution in [0.25, 0.3) is 0 Å². The number of nitrogens with two attached hydrogens (primary N) is 1. The van der Waals surface area contributed by atoms with Crippen molar-refractivity contribution in [2.24, 2.45) is 0 Å². The third kappa shape index (κ3) is 3.04. The fourth-order valence-electron chi connectivity index (χ4n) is 1.49. The topological polar surface area (TPSA) is 98.0 Å². The first-order valence-electron chi connectivity index (χ1n) is 5.57. The van der Waals surface area contributed by atoms with Gasteiger partial charge >= 0.3 is 0 Å². The van der Waals surface area contributed by atoms with Crippen molar-refractivity contribution < 1.29 is 8.42 Å². The molecule has 0 spiro atoms. The van der Waals surface area contributed by atoms with E-state index in [2.05, 4.69) is 14.7 Å². The molecule has 0 bridgehead atoms. The summed E-state index contributed by atoms with van der Waals surface area (Å²) in [5.74, 6) is 0.0605. The Morgan fingerprint density at radius 1 is 1.47 bits per heavy atom. The number of sulfone groups is 1. The molecular weight excluding hydrogens is 304 g/mol. The lowest BCUT2D eigenvalue weighted by molar-refractivity contribution is 0.598. The van der Waals surface area contributed by atoms with E-state index in [1.54, 1.807) is 6.92 Å². The van der Waals surface area contributed by atoms with E-state index in [1.807, 2.05) is 12.3 Å². The Kier molecular flexibility index (Phi) is 4.07. The molecule has 3 N–H and O–H groups in total. The van der Waals surface area contributed by atoms with Gasteiger partial charge in [-0.2, -0.15) is 4.37 Å². The number of thiazole rings is 1. The third-order valence-electron chi connectivity index (χ3n) is 2.43. The summed E-state index contributed by atoms with van der Waals surface area (Å²) in [6.07, 6.45) is 0. The summed E-state index contributed by atoms with van der Waals surface area (Å²) in [6, 6.07) is 0.